The van der Waals surface area contributed by atoms with E-state index >= 15 is 0 Å². The molecule has 0 unspecified atom stereocenters. The van der Waals surface area contributed by atoms with Gasteiger partial charge in [-0.3, -0.25) is 10.1 Å². The number of carbonyl (C=O) groups is 1. The first-order chi connectivity index (χ1) is 14.3. The maximum absolute atomic E-state index is 12.0. The number of halogens is 1. The van der Waals surface area contributed by atoms with Gasteiger partial charge < -0.3 is 4.42 Å². The summed E-state index contributed by atoms with van der Waals surface area (Å²) in [7, 11) is -3.23. The zero-order valence-electron chi connectivity index (χ0n) is 16.2. The Balaban J connectivity index is 1.43. The lowest BCUT2D eigenvalue weighted by molar-refractivity contribution is -0.116. The molecule has 30 heavy (non-hydrogen) atoms. The number of nitrogens with zero attached hydrogens (tertiary/aromatic N) is 2. The molecule has 0 aliphatic heterocycles. The minimum atomic E-state index is -3.23. The minimum absolute atomic E-state index is 0.0492. The van der Waals surface area contributed by atoms with Crippen LogP contribution in [0.2, 0.25) is 5.02 Å². The summed E-state index contributed by atoms with van der Waals surface area (Å²) in [6.45, 7) is 0. The fourth-order valence-electron chi connectivity index (χ4n) is 2.54. The van der Waals surface area contributed by atoms with Crippen LogP contribution in [0.15, 0.2) is 62.7 Å². The molecule has 0 aliphatic carbocycles. The molecule has 3 rings (SSSR count). The average Bonchev–Trinajstić information content (AvgIpc) is 3.13. The Bertz CT molecular complexity index is 1100. The Hall–Kier alpha value is -2.36. The van der Waals surface area contributed by atoms with Crippen molar-refractivity contribution in [3.05, 3.63) is 65.0 Å². The highest BCUT2D eigenvalue weighted by Gasteiger charge is 2.11. The van der Waals surface area contributed by atoms with Crippen molar-refractivity contribution in [3.63, 3.8) is 0 Å². The largest absolute Gasteiger partial charge is 0.407 e. The summed E-state index contributed by atoms with van der Waals surface area (Å²) in [5.41, 5.74) is 0.822. The number of benzene rings is 2. The quantitative estimate of drug-likeness (QED) is 0.372. The van der Waals surface area contributed by atoms with Crippen molar-refractivity contribution in [2.45, 2.75) is 29.1 Å². The molecule has 0 aliphatic rings. The maximum Gasteiger partial charge on any atom is 0.322 e. The van der Waals surface area contributed by atoms with E-state index in [0.29, 0.717) is 30.2 Å². The van der Waals surface area contributed by atoms with Crippen molar-refractivity contribution >= 4 is 45.1 Å². The molecule has 1 amide bonds. The zero-order chi connectivity index (χ0) is 21.6. The Morgan fingerprint density at radius 3 is 2.47 bits per heavy atom. The van der Waals surface area contributed by atoms with Crippen LogP contribution in [0.5, 0.6) is 0 Å². The van der Waals surface area contributed by atoms with Crippen LogP contribution in [-0.4, -0.2) is 36.5 Å². The van der Waals surface area contributed by atoms with Gasteiger partial charge in [0, 0.05) is 22.6 Å². The Morgan fingerprint density at radius 2 is 1.80 bits per heavy atom. The van der Waals surface area contributed by atoms with Crippen molar-refractivity contribution in [1.29, 1.82) is 0 Å². The van der Waals surface area contributed by atoms with E-state index in [9.17, 15) is 13.2 Å². The lowest BCUT2D eigenvalue weighted by Gasteiger charge is -2.02. The van der Waals surface area contributed by atoms with Gasteiger partial charge >= 0.3 is 6.01 Å². The van der Waals surface area contributed by atoms with Crippen LogP contribution in [0.4, 0.5) is 6.01 Å². The van der Waals surface area contributed by atoms with Crippen molar-refractivity contribution in [2.24, 2.45) is 0 Å². The molecule has 0 saturated heterocycles. The molecular formula is C20H20ClN3O4S2. The zero-order valence-corrected chi connectivity index (χ0v) is 18.6. The SMILES string of the molecule is CS(=O)(=O)c1ccc(Cc2nnc(NC(=O)CCCSc3ccc(Cl)cc3)o2)cc1. The van der Waals surface area contributed by atoms with Gasteiger partial charge in [-0.2, -0.15) is 0 Å². The van der Waals surface area contributed by atoms with Gasteiger partial charge in [0.1, 0.15) is 0 Å². The molecule has 1 aromatic heterocycles. The van der Waals surface area contributed by atoms with E-state index in [-0.39, 0.29) is 16.8 Å². The van der Waals surface area contributed by atoms with Gasteiger partial charge in [-0.1, -0.05) is 28.8 Å². The fraction of sp³-hybridized carbons (Fsp3) is 0.250. The lowest BCUT2D eigenvalue weighted by atomic mass is 10.1. The topological polar surface area (TPSA) is 102 Å². The molecule has 10 heteroatoms. The molecule has 0 atom stereocenters. The van der Waals surface area contributed by atoms with Crippen LogP contribution < -0.4 is 5.32 Å². The summed E-state index contributed by atoms with van der Waals surface area (Å²) in [4.78, 5) is 13.4. The Morgan fingerprint density at radius 1 is 1.10 bits per heavy atom. The number of aromatic nitrogens is 2. The standard InChI is InChI=1S/C20H20ClN3O4S2/c1-30(26,27)17-10-4-14(5-11-17)13-19-23-24-20(28-19)22-18(25)3-2-12-29-16-8-6-15(21)7-9-16/h4-11H,2-3,12-13H2,1H3,(H,22,24,25). The first kappa shape index (κ1) is 22.3. The highest BCUT2D eigenvalue weighted by molar-refractivity contribution is 7.99. The number of anilines is 1. The van der Waals surface area contributed by atoms with E-state index in [4.69, 9.17) is 16.0 Å². The summed E-state index contributed by atoms with van der Waals surface area (Å²) in [6, 6.07) is 14.1. The number of sulfone groups is 1. The Kier molecular flexibility index (Phi) is 7.52. The predicted octanol–water partition coefficient (Wildman–Crippen LogP) is 4.23. The van der Waals surface area contributed by atoms with Gasteiger partial charge in [0.05, 0.1) is 11.3 Å². The summed E-state index contributed by atoms with van der Waals surface area (Å²) in [5.74, 6) is 0.934. The van der Waals surface area contributed by atoms with Gasteiger partial charge in [0.25, 0.3) is 0 Å². The normalized spacial score (nSPS) is 11.4. The number of thioether (sulfide) groups is 1. The van der Waals surface area contributed by atoms with Crippen LogP contribution in [0.25, 0.3) is 0 Å². The van der Waals surface area contributed by atoms with Crippen LogP contribution in [0, 0.1) is 0 Å². The molecule has 7 nitrogen and oxygen atoms in total. The summed E-state index contributed by atoms with van der Waals surface area (Å²) < 4.78 is 28.5. The second-order valence-electron chi connectivity index (χ2n) is 6.55. The molecule has 2 aromatic carbocycles. The van der Waals surface area contributed by atoms with Crippen LogP contribution >= 0.6 is 23.4 Å². The average molecular weight is 466 g/mol. The number of nitrogens with one attached hydrogen (secondary N) is 1. The van der Waals surface area contributed by atoms with Gasteiger partial charge in [0.15, 0.2) is 9.84 Å². The number of hydrogen-bond donors (Lipinski definition) is 1. The molecule has 0 fully saturated rings. The van der Waals surface area contributed by atoms with E-state index in [2.05, 4.69) is 15.5 Å². The molecule has 0 radical (unpaired) electrons. The van der Waals surface area contributed by atoms with Gasteiger partial charge in [-0.15, -0.1) is 16.9 Å². The highest BCUT2D eigenvalue weighted by Crippen LogP contribution is 2.21. The van der Waals surface area contributed by atoms with Crippen molar-refractivity contribution in [1.82, 2.24) is 10.2 Å². The van der Waals surface area contributed by atoms with E-state index in [1.807, 2.05) is 24.3 Å². The van der Waals surface area contributed by atoms with Crippen molar-refractivity contribution in [3.8, 4) is 0 Å². The van der Waals surface area contributed by atoms with Crippen molar-refractivity contribution < 1.29 is 17.6 Å². The maximum atomic E-state index is 12.0. The number of carbonyl (C=O) groups excluding carboxylic acids is 1. The molecule has 3 aromatic rings. The first-order valence-electron chi connectivity index (χ1n) is 9.09. The summed E-state index contributed by atoms with van der Waals surface area (Å²) in [5, 5.41) is 11.0. The molecule has 1 heterocycles. The third kappa shape index (κ3) is 6.86. The van der Waals surface area contributed by atoms with Crippen LogP contribution in [-0.2, 0) is 21.1 Å². The minimum Gasteiger partial charge on any atom is -0.407 e. The third-order valence-corrected chi connectivity index (χ3v) is 6.53. The number of amides is 1. The van der Waals surface area contributed by atoms with E-state index < -0.39 is 9.84 Å². The molecule has 158 valence electrons. The first-order valence-corrected chi connectivity index (χ1v) is 12.3. The predicted molar refractivity (Wildman–Crippen MR) is 117 cm³/mol. The lowest BCUT2D eigenvalue weighted by Crippen LogP contribution is -2.11. The smallest absolute Gasteiger partial charge is 0.322 e. The van der Waals surface area contributed by atoms with E-state index in [0.717, 1.165) is 22.5 Å². The second kappa shape index (κ2) is 10.1. The number of hydrogen-bond acceptors (Lipinski definition) is 7. The van der Waals surface area contributed by atoms with E-state index in [1.165, 1.54) is 12.1 Å². The second-order valence-corrected chi connectivity index (χ2v) is 10.2. The Labute approximate surface area is 184 Å². The number of rotatable bonds is 9. The monoisotopic (exact) mass is 465 g/mol. The molecule has 0 spiro atoms. The summed E-state index contributed by atoms with van der Waals surface area (Å²) in [6.07, 6.45) is 2.54. The fourth-order valence-corrected chi connectivity index (χ4v) is 4.15. The van der Waals surface area contributed by atoms with Crippen molar-refractivity contribution in [2.75, 3.05) is 17.3 Å². The van der Waals surface area contributed by atoms with E-state index in [1.54, 1.807) is 23.9 Å². The molecular weight excluding hydrogens is 446 g/mol. The molecule has 1 N–H and O–H groups in total. The van der Waals surface area contributed by atoms with Gasteiger partial charge in [0.2, 0.25) is 11.8 Å². The highest BCUT2D eigenvalue weighted by atomic mass is 35.5. The summed E-state index contributed by atoms with van der Waals surface area (Å²) >= 11 is 7.51. The molecule has 0 bridgehead atoms. The third-order valence-electron chi connectivity index (χ3n) is 4.05. The van der Waals surface area contributed by atoms with Crippen LogP contribution in [0.1, 0.15) is 24.3 Å². The van der Waals surface area contributed by atoms with Gasteiger partial charge in [-0.25, -0.2) is 8.42 Å². The van der Waals surface area contributed by atoms with Crippen LogP contribution in [0.3, 0.4) is 0 Å². The van der Waals surface area contributed by atoms with Gasteiger partial charge in [-0.05, 0) is 54.1 Å². The molecule has 0 saturated carbocycles.